The van der Waals surface area contributed by atoms with Gasteiger partial charge in [-0.3, -0.25) is 14.4 Å². The van der Waals surface area contributed by atoms with E-state index in [1.54, 1.807) is 24.3 Å². The Morgan fingerprint density at radius 2 is 1.84 bits per heavy atom. The monoisotopic (exact) mass is 436 g/mol. The van der Waals surface area contributed by atoms with Gasteiger partial charge < -0.3 is 19.7 Å². The lowest BCUT2D eigenvalue weighted by Gasteiger charge is -2.29. The van der Waals surface area contributed by atoms with Crippen molar-refractivity contribution in [3.05, 3.63) is 54.1 Å². The predicted molar refractivity (Wildman–Crippen MR) is 105 cm³/mol. The van der Waals surface area contributed by atoms with Gasteiger partial charge >= 0.3 is 12.1 Å². The Labute approximate surface area is 175 Å². The Morgan fingerprint density at radius 3 is 2.52 bits per heavy atom. The van der Waals surface area contributed by atoms with Crippen LogP contribution in [0.4, 0.5) is 24.5 Å². The molecule has 2 aromatic carbocycles. The molecule has 2 amide bonds. The van der Waals surface area contributed by atoms with Crippen molar-refractivity contribution in [3.63, 3.8) is 0 Å². The first-order chi connectivity index (χ1) is 14.6. The normalized spacial score (nSPS) is 14.3. The summed E-state index contributed by atoms with van der Waals surface area (Å²) in [5.41, 5.74) is -0.166. The van der Waals surface area contributed by atoms with E-state index in [2.05, 4.69) is 5.32 Å². The fourth-order valence-corrected chi connectivity index (χ4v) is 2.90. The summed E-state index contributed by atoms with van der Waals surface area (Å²) < 4.78 is 48.2. The molecule has 7 nitrogen and oxygen atoms in total. The van der Waals surface area contributed by atoms with Crippen molar-refractivity contribution in [1.82, 2.24) is 0 Å². The lowest BCUT2D eigenvalue weighted by Crippen LogP contribution is -2.40. The fraction of sp³-hybridized carbons (Fsp3) is 0.286. The van der Waals surface area contributed by atoms with Crippen LogP contribution in [0.25, 0.3) is 0 Å². The van der Waals surface area contributed by atoms with Crippen molar-refractivity contribution in [1.29, 1.82) is 0 Å². The second-order valence-electron chi connectivity index (χ2n) is 6.75. The van der Waals surface area contributed by atoms with Crippen molar-refractivity contribution in [2.75, 3.05) is 23.4 Å². The molecule has 0 saturated heterocycles. The molecular formula is C21H19F3N2O5. The molecule has 1 aliphatic rings. The number of para-hydroxylation sites is 2. The summed E-state index contributed by atoms with van der Waals surface area (Å²) in [5, 5.41) is 2.39. The topological polar surface area (TPSA) is 84.9 Å². The molecule has 0 aromatic heterocycles. The van der Waals surface area contributed by atoms with Gasteiger partial charge in [0.05, 0.1) is 17.7 Å². The second kappa shape index (κ2) is 9.07. The highest BCUT2D eigenvalue weighted by Gasteiger charge is 2.30. The Hall–Kier alpha value is -3.56. The maximum atomic E-state index is 12.6. The van der Waals surface area contributed by atoms with Gasteiger partial charge in [0.1, 0.15) is 5.75 Å². The van der Waals surface area contributed by atoms with Crippen LogP contribution in [0.3, 0.4) is 0 Å². The molecule has 0 spiro atoms. The van der Waals surface area contributed by atoms with Crippen molar-refractivity contribution >= 4 is 29.2 Å². The highest BCUT2D eigenvalue weighted by atomic mass is 19.4. The number of fused-ring (bicyclic) bond motifs is 1. The molecule has 0 fully saturated rings. The van der Waals surface area contributed by atoms with Gasteiger partial charge in [0.2, 0.25) is 0 Å². The number of hydrogen-bond donors (Lipinski definition) is 1. The van der Waals surface area contributed by atoms with E-state index >= 15 is 0 Å². The largest absolute Gasteiger partial charge is 0.482 e. The molecule has 0 bridgehead atoms. The number of rotatable bonds is 6. The average molecular weight is 436 g/mol. The van der Waals surface area contributed by atoms with E-state index in [4.69, 9.17) is 9.47 Å². The zero-order valence-electron chi connectivity index (χ0n) is 16.4. The molecular weight excluding hydrogens is 417 g/mol. The molecule has 0 saturated carbocycles. The molecule has 1 N–H and O–H groups in total. The number of benzene rings is 2. The lowest BCUT2D eigenvalue weighted by molar-refractivity contribution is -0.153. The molecule has 3 rings (SSSR count). The Morgan fingerprint density at radius 1 is 1.16 bits per heavy atom. The zero-order valence-corrected chi connectivity index (χ0v) is 16.4. The molecule has 0 unspecified atom stereocenters. The van der Waals surface area contributed by atoms with Gasteiger partial charge in [-0.25, -0.2) is 0 Å². The van der Waals surface area contributed by atoms with Crippen LogP contribution in [0.2, 0.25) is 0 Å². The molecule has 10 heteroatoms. The van der Waals surface area contributed by atoms with E-state index in [0.717, 1.165) is 24.3 Å². The highest BCUT2D eigenvalue weighted by Crippen LogP contribution is 2.31. The van der Waals surface area contributed by atoms with Gasteiger partial charge in [0.15, 0.2) is 12.7 Å². The summed E-state index contributed by atoms with van der Waals surface area (Å²) in [6, 6.07) is 10.8. The molecule has 0 radical (unpaired) electrons. The number of nitrogens with one attached hydrogen (secondary N) is 1. The molecule has 164 valence electrons. The summed E-state index contributed by atoms with van der Waals surface area (Å²) in [6.07, 6.45) is -5.81. The molecule has 1 aliphatic heterocycles. The predicted octanol–water partition coefficient (Wildman–Crippen LogP) is 3.39. The second-order valence-corrected chi connectivity index (χ2v) is 6.75. The van der Waals surface area contributed by atoms with Crippen LogP contribution in [-0.2, 0) is 25.3 Å². The summed E-state index contributed by atoms with van der Waals surface area (Å²) in [5.74, 6) is -1.17. The summed E-state index contributed by atoms with van der Waals surface area (Å²) in [7, 11) is 0. The van der Waals surface area contributed by atoms with Gasteiger partial charge in [0, 0.05) is 12.2 Å². The van der Waals surface area contributed by atoms with Crippen LogP contribution >= 0.6 is 0 Å². The van der Waals surface area contributed by atoms with Crippen molar-refractivity contribution < 1.29 is 37.0 Å². The van der Waals surface area contributed by atoms with Crippen LogP contribution < -0.4 is 15.0 Å². The molecule has 0 aliphatic carbocycles. The van der Waals surface area contributed by atoms with Crippen molar-refractivity contribution in [2.24, 2.45) is 0 Å². The number of nitrogens with zero attached hydrogens (tertiary/aromatic N) is 1. The first kappa shape index (κ1) is 22.1. The third-order valence-electron chi connectivity index (χ3n) is 4.51. The lowest BCUT2D eigenvalue weighted by atomic mass is 10.2. The third kappa shape index (κ3) is 5.53. The SMILES string of the molecule is C[C@@H](OC(=O)CCN1C(=O)COc2ccccc21)C(=O)Nc1ccc(C(F)(F)F)cc1. The molecule has 2 aromatic rings. The standard InChI is InChI=1S/C21H19F3N2O5/c1-13(20(29)25-15-8-6-14(7-9-15)21(22,23)24)31-19(28)10-11-26-16-4-2-3-5-17(16)30-12-18(26)27/h2-9,13H,10-12H2,1H3,(H,25,29)/t13-/m1/s1. The van der Waals surface area contributed by atoms with E-state index in [0.29, 0.717) is 11.4 Å². The molecule has 1 atom stereocenters. The smallest absolute Gasteiger partial charge is 0.416 e. The number of anilines is 2. The van der Waals surface area contributed by atoms with Crippen molar-refractivity contribution in [3.8, 4) is 5.75 Å². The van der Waals surface area contributed by atoms with Gasteiger partial charge in [0.25, 0.3) is 11.8 Å². The van der Waals surface area contributed by atoms with E-state index in [9.17, 15) is 27.6 Å². The average Bonchev–Trinajstić information content (AvgIpc) is 2.72. The van der Waals surface area contributed by atoms with Gasteiger partial charge in [-0.2, -0.15) is 13.2 Å². The molecule has 1 heterocycles. The number of carbonyl (C=O) groups is 3. The Bertz CT molecular complexity index is 976. The van der Waals surface area contributed by atoms with Gasteiger partial charge in [-0.15, -0.1) is 0 Å². The maximum Gasteiger partial charge on any atom is 0.416 e. The number of halogens is 3. The minimum Gasteiger partial charge on any atom is -0.482 e. The first-order valence-electron chi connectivity index (χ1n) is 9.35. The van der Waals surface area contributed by atoms with Crippen LogP contribution in [0.15, 0.2) is 48.5 Å². The third-order valence-corrected chi connectivity index (χ3v) is 4.51. The number of ether oxygens (including phenoxy) is 2. The summed E-state index contributed by atoms with van der Waals surface area (Å²) in [6.45, 7) is 1.25. The number of esters is 1. The Kier molecular flexibility index (Phi) is 6.47. The minimum absolute atomic E-state index is 0.0469. The van der Waals surface area contributed by atoms with Crippen molar-refractivity contribution in [2.45, 2.75) is 25.6 Å². The summed E-state index contributed by atoms with van der Waals surface area (Å²) in [4.78, 5) is 37.8. The number of alkyl halides is 3. The van der Waals surface area contributed by atoms with Crippen LogP contribution in [0.1, 0.15) is 18.9 Å². The van der Waals surface area contributed by atoms with E-state index < -0.39 is 29.7 Å². The first-order valence-corrected chi connectivity index (χ1v) is 9.35. The fourth-order valence-electron chi connectivity index (χ4n) is 2.90. The van der Waals surface area contributed by atoms with Crippen LogP contribution in [0.5, 0.6) is 5.75 Å². The number of hydrogen-bond acceptors (Lipinski definition) is 5. The maximum absolute atomic E-state index is 12.6. The van der Waals surface area contributed by atoms with E-state index in [-0.39, 0.29) is 31.2 Å². The van der Waals surface area contributed by atoms with E-state index in [1.165, 1.54) is 11.8 Å². The quantitative estimate of drug-likeness (QED) is 0.702. The van der Waals surface area contributed by atoms with Crippen LogP contribution in [-0.4, -0.2) is 37.0 Å². The Balaban J connectivity index is 1.51. The summed E-state index contributed by atoms with van der Waals surface area (Å²) >= 11 is 0. The van der Waals surface area contributed by atoms with Crippen LogP contribution in [0, 0.1) is 0 Å². The number of carbonyl (C=O) groups excluding carboxylic acids is 3. The van der Waals surface area contributed by atoms with Gasteiger partial charge in [-0.1, -0.05) is 12.1 Å². The molecule has 31 heavy (non-hydrogen) atoms. The van der Waals surface area contributed by atoms with E-state index in [1.807, 2.05) is 0 Å². The minimum atomic E-state index is -4.48. The number of amides is 2. The zero-order chi connectivity index (χ0) is 22.6. The van der Waals surface area contributed by atoms with Gasteiger partial charge in [-0.05, 0) is 43.3 Å². The highest BCUT2D eigenvalue weighted by molar-refractivity contribution is 5.98.